The van der Waals surface area contributed by atoms with Crippen molar-refractivity contribution in [3.63, 3.8) is 0 Å². The van der Waals surface area contributed by atoms with E-state index in [1.165, 1.54) is 19.3 Å². The molecule has 0 saturated carbocycles. The molecule has 0 unspecified atom stereocenters. The SMILES string of the molecule is CNc1nccc(Oc2ccc(NC(=O)OC(C)(C)C)cc2)c1[N+](=O)[O-]. The number of carbonyl (C=O) groups is 1. The number of hydrogen-bond donors (Lipinski definition) is 2. The van der Waals surface area contributed by atoms with Gasteiger partial charge in [0.05, 0.1) is 4.92 Å². The van der Waals surface area contributed by atoms with Gasteiger partial charge in [0.1, 0.15) is 11.4 Å². The molecular weight excluding hydrogens is 340 g/mol. The second-order valence-corrected chi connectivity index (χ2v) is 6.27. The molecule has 1 aromatic carbocycles. The molecule has 0 aliphatic rings. The monoisotopic (exact) mass is 360 g/mol. The van der Waals surface area contributed by atoms with Crippen molar-refractivity contribution in [1.82, 2.24) is 4.98 Å². The molecule has 9 nitrogen and oxygen atoms in total. The summed E-state index contributed by atoms with van der Waals surface area (Å²) >= 11 is 0. The number of pyridine rings is 1. The van der Waals surface area contributed by atoms with Gasteiger partial charge >= 0.3 is 11.8 Å². The number of nitrogens with one attached hydrogen (secondary N) is 2. The first kappa shape index (κ1) is 19.0. The first-order chi connectivity index (χ1) is 12.2. The van der Waals surface area contributed by atoms with Crippen LogP contribution < -0.4 is 15.4 Å². The van der Waals surface area contributed by atoms with E-state index in [9.17, 15) is 14.9 Å². The summed E-state index contributed by atoms with van der Waals surface area (Å²) in [6, 6.07) is 7.77. The number of benzene rings is 1. The maximum Gasteiger partial charge on any atom is 0.412 e. The van der Waals surface area contributed by atoms with Crippen LogP contribution in [-0.4, -0.2) is 28.6 Å². The summed E-state index contributed by atoms with van der Waals surface area (Å²) in [5, 5.41) is 16.5. The van der Waals surface area contributed by atoms with Crippen LogP contribution in [0.5, 0.6) is 11.5 Å². The van der Waals surface area contributed by atoms with Gasteiger partial charge in [0, 0.05) is 25.0 Å². The molecule has 0 bridgehead atoms. The minimum Gasteiger partial charge on any atom is -0.450 e. The summed E-state index contributed by atoms with van der Waals surface area (Å²) in [6.07, 6.45) is 0.835. The third-order valence-corrected chi connectivity index (χ3v) is 3.03. The number of nitro groups is 1. The van der Waals surface area contributed by atoms with Crippen molar-refractivity contribution in [2.45, 2.75) is 26.4 Å². The molecule has 1 aromatic heterocycles. The number of aromatic nitrogens is 1. The van der Waals surface area contributed by atoms with Crippen molar-refractivity contribution >= 4 is 23.3 Å². The Morgan fingerprint density at radius 1 is 1.19 bits per heavy atom. The molecule has 0 aliphatic heterocycles. The van der Waals surface area contributed by atoms with E-state index in [0.29, 0.717) is 11.4 Å². The molecule has 0 radical (unpaired) electrons. The van der Waals surface area contributed by atoms with Crippen LogP contribution in [0.15, 0.2) is 36.5 Å². The maximum absolute atomic E-state index is 11.7. The highest BCUT2D eigenvalue weighted by atomic mass is 16.6. The van der Waals surface area contributed by atoms with Crippen LogP contribution in [0.4, 0.5) is 22.0 Å². The minimum absolute atomic E-state index is 0.0576. The van der Waals surface area contributed by atoms with E-state index in [2.05, 4.69) is 15.6 Å². The number of nitrogens with zero attached hydrogens (tertiary/aromatic N) is 2. The van der Waals surface area contributed by atoms with Gasteiger partial charge in [0.25, 0.3) is 0 Å². The lowest BCUT2D eigenvalue weighted by Gasteiger charge is -2.19. The average Bonchev–Trinajstić information content (AvgIpc) is 2.54. The van der Waals surface area contributed by atoms with Crippen LogP contribution in [0.2, 0.25) is 0 Å². The summed E-state index contributed by atoms with van der Waals surface area (Å²) in [6.45, 7) is 5.31. The van der Waals surface area contributed by atoms with E-state index in [0.717, 1.165) is 0 Å². The molecule has 2 aromatic rings. The van der Waals surface area contributed by atoms with Gasteiger partial charge in [-0.05, 0) is 45.0 Å². The number of anilines is 2. The lowest BCUT2D eigenvalue weighted by molar-refractivity contribution is -0.385. The lowest BCUT2D eigenvalue weighted by Crippen LogP contribution is -2.27. The van der Waals surface area contributed by atoms with Gasteiger partial charge in [0.15, 0.2) is 0 Å². The molecule has 2 N–H and O–H groups in total. The molecule has 0 atom stereocenters. The van der Waals surface area contributed by atoms with Crippen molar-refractivity contribution in [2.75, 3.05) is 17.7 Å². The van der Waals surface area contributed by atoms with E-state index in [-0.39, 0.29) is 17.3 Å². The number of carbonyl (C=O) groups excluding carboxylic acids is 1. The summed E-state index contributed by atoms with van der Waals surface area (Å²) in [5.41, 5.74) is -0.351. The van der Waals surface area contributed by atoms with Crippen LogP contribution in [0, 0.1) is 10.1 Å². The summed E-state index contributed by atoms with van der Waals surface area (Å²) < 4.78 is 10.8. The minimum atomic E-state index is -0.599. The van der Waals surface area contributed by atoms with Gasteiger partial charge in [-0.15, -0.1) is 0 Å². The second-order valence-electron chi connectivity index (χ2n) is 6.27. The van der Waals surface area contributed by atoms with Crippen molar-refractivity contribution < 1.29 is 19.2 Å². The number of rotatable bonds is 5. The van der Waals surface area contributed by atoms with Gasteiger partial charge in [-0.1, -0.05) is 0 Å². The summed E-state index contributed by atoms with van der Waals surface area (Å²) in [5.74, 6) is 0.536. The second kappa shape index (κ2) is 7.68. The molecule has 138 valence electrons. The Labute approximate surface area is 150 Å². The van der Waals surface area contributed by atoms with Crippen molar-refractivity contribution in [3.05, 3.63) is 46.6 Å². The van der Waals surface area contributed by atoms with E-state index < -0.39 is 16.6 Å². The van der Waals surface area contributed by atoms with Crippen molar-refractivity contribution in [3.8, 4) is 11.5 Å². The molecule has 9 heteroatoms. The third kappa shape index (κ3) is 5.07. The van der Waals surface area contributed by atoms with E-state index in [4.69, 9.17) is 9.47 Å². The van der Waals surface area contributed by atoms with Gasteiger partial charge in [0.2, 0.25) is 11.6 Å². The highest BCUT2D eigenvalue weighted by molar-refractivity contribution is 5.84. The fourth-order valence-electron chi connectivity index (χ4n) is 2.03. The molecule has 1 amide bonds. The van der Waals surface area contributed by atoms with E-state index in [1.54, 1.807) is 45.0 Å². The highest BCUT2D eigenvalue weighted by Crippen LogP contribution is 2.35. The quantitative estimate of drug-likeness (QED) is 0.607. The topological polar surface area (TPSA) is 116 Å². The molecule has 2 rings (SSSR count). The standard InChI is InChI=1S/C17H20N4O5/c1-17(2,3)26-16(22)20-11-5-7-12(8-6-11)25-13-9-10-19-15(18-4)14(13)21(23)24/h5-10H,1-4H3,(H,18,19)(H,20,22). The van der Waals surface area contributed by atoms with Gasteiger partial charge in [-0.2, -0.15) is 0 Å². The number of ether oxygens (including phenoxy) is 2. The fraction of sp³-hybridized carbons (Fsp3) is 0.294. The molecule has 0 saturated heterocycles. The Bertz CT molecular complexity index is 800. The highest BCUT2D eigenvalue weighted by Gasteiger charge is 2.22. The average molecular weight is 360 g/mol. The van der Waals surface area contributed by atoms with E-state index in [1.807, 2.05) is 0 Å². The zero-order valence-corrected chi connectivity index (χ0v) is 14.9. The Kier molecular flexibility index (Phi) is 5.61. The first-order valence-corrected chi connectivity index (χ1v) is 7.78. The molecule has 0 aliphatic carbocycles. The Hall–Kier alpha value is -3.36. The lowest BCUT2D eigenvalue weighted by atomic mass is 10.2. The van der Waals surface area contributed by atoms with Crippen LogP contribution in [0.1, 0.15) is 20.8 Å². The van der Waals surface area contributed by atoms with Gasteiger partial charge < -0.3 is 14.8 Å². The van der Waals surface area contributed by atoms with Gasteiger partial charge in [-0.3, -0.25) is 15.4 Å². The predicted molar refractivity (Wildman–Crippen MR) is 96.8 cm³/mol. The van der Waals surface area contributed by atoms with Crippen molar-refractivity contribution in [1.29, 1.82) is 0 Å². The Balaban J connectivity index is 2.13. The van der Waals surface area contributed by atoms with Crippen LogP contribution >= 0.6 is 0 Å². The number of amides is 1. The number of hydrogen-bond acceptors (Lipinski definition) is 7. The molecular formula is C17H20N4O5. The van der Waals surface area contributed by atoms with Crippen LogP contribution in [0.3, 0.4) is 0 Å². The smallest absolute Gasteiger partial charge is 0.412 e. The zero-order chi connectivity index (χ0) is 19.3. The first-order valence-electron chi connectivity index (χ1n) is 7.78. The fourth-order valence-corrected chi connectivity index (χ4v) is 2.03. The van der Waals surface area contributed by atoms with Crippen molar-refractivity contribution in [2.24, 2.45) is 0 Å². The van der Waals surface area contributed by atoms with Crippen LogP contribution in [-0.2, 0) is 4.74 Å². The summed E-state index contributed by atoms with van der Waals surface area (Å²) in [7, 11) is 1.54. The van der Waals surface area contributed by atoms with Gasteiger partial charge in [-0.25, -0.2) is 9.78 Å². The molecule has 26 heavy (non-hydrogen) atoms. The maximum atomic E-state index is 11.7. The molecule has 0 spiro atoms. The third-order valence-electron chi connectivity index (χ3n) is 3.03. The normalized spacial score (nSPS) is 10.8. The Morgan fingerprint density at radius 2 is 1.85 bits per heavy atom. The summed E-state index contributed by atoms with van der Waals surface area (Å²) in [4.78, 5) is 26.3. The Morgan fingerprint density at radius 3 is 2.38 bits per heavy atom. The van der Waals surface area contributed by atoms with Crippen LogP contribution in [0.25, 0.3) is 0 Å². The molecule has 0 fully saturated rings. The zero-order valence-electron chi connectivity index (χ0n) is 14.9. The predicted octanol–water partition coefficient (Wildman–Crippen LogP) is 4.17. The van der Waals surface area contributed by atoms with E-state index >= 15 is 0 Å². The largest absolute Gasteiger partial charge is 0.450 e. The molecule has 1 heterocycles.